The molecule has 1 aromatic rings. The number of allylic oxidation sites excluding steroid dienone is 1. The van der Waals surface area contributed by atoms with Crippen LogP contribution in [0.3, 0.4) is 0 Å². The summed E-state index contributed by atoms with van der Waals surface area (Å²) in [5.41, 5.74) is -1.42. The number of Topliss-reactive ketones (excluding diaryl/α,β-unsaturated/α-hetero) is 1. The number of halogens is 1. The third-order valence-corrected chi connectivity index (χ3v) is 11.5. The Bertz CT molecular complexity index is 1840. The van der Waals surface area contributed by atoms with E-state index >= 15 is 0 Å². The van der Waals surface area contributed by atoms with Crippen LogP contribution in [0.4, 0.5) is 14.0 Å². The van der Waals surface area contributed by atoms with E-state index < -0.39 is 86.2 Å². The molecule has 2 heterocycles. The lowest BCUT2D eigenvalue weighted by Gasteiger charge is -2.30. The molecule has 1 unspecified atom stereocenters. The number of ketones is 1. The number of alkyl carbamates (subject to hydrolysis) is 1. The molecule has 0 aromatic heterocycles. The first kappa shape index (κ1) is 39.4. The molecule has 4 aliphatic rings. The normalized spacial score (nSPS) is 24.0. The number of amides is 5. The minimum absolute atomic E-state index is 0.0469. The molecule has 0 spiro atoms. The van der Waals surface area contributed by atoms with Crippen molar-refractivity contribution in [3.63, 3.8) is 0 Å². The second-order valence-corrected chi connectivity index (χ2v) is 17.1. The highest BCUT2D eigenvalue weighted by Gasteiger charge is 2.62. The fraction of sp³-hybridized carbons (Fsp3) is 0.556. The minimum atomic E-state index is -3.97. The van der Waals surface area contributed by atoms with Crippen LogP contribution in [0.2, 0.25) is 0 Å². The maximum atomic E-state index is 14.4. The molecule has 3 N–H and O–H groups in total. The summed E-state index contributed by atoms with van der Waals surface area (Å²) < 4.78 is 52.9. The van der Waals surface area contributed by atoms with E-state index in [4.69, 9.17) is 9.47 Å². The average Bonchev–Trinajstić information content (AvgIpc) is 3.96. The third kappa shape index (κ3) is 9.05. The van der Waals surface area contributed by atoms with Gasteiger partial charge in [-0.15, -0.1) is 6.58 Å². The Morgan fingerprint density at radius 1 is 1.13 bits per heavy atom. The van der Waals surface area contributed by atoms with Gasteiger partial charge in [0.25, 0.3) is 5.91 Å². The number of nitrogens with one attached hydrogen (secondary N) is 3. The quantitative estimate of drug-likeness (QED) is 0.199. The predicted octanol–water partition coefficient (Wildman–Crippen LogP) is 2.74. The number of hydrogen-bond acceptors (Lipinski definition) is 10. The van der Waals surface area contributed by atoms with Gasteiger partial charge < -0.3 is 25.0 Å². The maximum absolute atomic E-state index is 14.4. The van der Waals surface area contributed by atoms with Crippen molar-refractivity contribution in [3.8, 4) is 0 Å². The topological polar surface area (TPSA) is 198 Å². The van der Waals surface area contributed by atoms with Crippen molar-refractivity contribution in [2.24, 2.45) is 5.92 Å². The van der Waals surface area contributed by atoms with Crippen LogP contribution in [-0.2, 0) is 51.8 Å². The Hall–Kier alpha value is -4.80. The Morgan fingerprint density at radius 2 is 1.83 bits per heavy atom. The predicted molar refractivity (Wildman–Crippen MR) is 188 cm³/mol. The zero-order valence-electron chi connectivity index (χ0n) is 30.2. The first-order valence-corrected chi connectivity index (χ1v) is 19.0. The highest BCUT2D eigenvalue weighted by atomic mass is 32.2. The monoisotopic (exact) mass is 759 g/mol. The highest BCUT2D eigenvalue weighted by Crippen LogP contribution is 2.45. The lowest BCUT2D eigenvalue weighted by atomic mass is 10.0. The van der Waals surface area contributed by atoms with Crippen LogP contribution >= 0.6 is 0 Å². The van der Waals surface area contributed by atoms with Crippen LogP contribution in [0.25, 0.3) is 0 Å². The van der Waals surface area contributed by atoms with Crippen LogP contribution in [0.15, 0.2) is 43.0 Å². The van der Waals surface area contributed by atoms with Crippen molar-refractivity contribution in [1.29, 1.82) is 0 Å². The number of carbonyl (C=O) groups excluding carboxylic acids is 6. The van der Waals surface area contributed by atoms with E-state index in [2.05, 4.69) is 28.5 Å². The van der Waals surface area contributed by atoms with Gasteiger partial charge in [0.1, 0.15) is 35.1 Å². The third-order valence-electron chi connectivity index (χ3n) is 9.67. The number of nitrogens with zero attached hydrogens (tertiary/aromatic N) is 2. The molecule has 2 aliphatic heterocycles. The van der Waals surface area contributed by atoms with Gasteiger partial charge in [0.2, 0.25) is 21.8 Å². The molecule has 15 nitrogen and oxygen atoms in total. The second-order valence-electron chi connectivity index (χ2n) is 15.1. The summed E-state index contributed by atoms with van der Waals surface area (Å²) in [5, 5.41) is 4.44. The van der Waals surface area contributed by atoms with E-state index in [9.17, 15) is 41.6 Å². The number of ether oxygens (including phenoxy) is 2. The molecule has 5 rings (SSSR count). The summed E-state index contributed by atoms with van der Waals surface area (Å²) in [6.07, 6.45) is -1.18. The summed E-state index contributed by atoms with van der Waals surface area (Å²) in [4.78, 5) is 82.9. The lowest BCUT2D eigenvalue weighted by Crippen LogP contribution is -2.58. The molecule has 5 atom stereocenters. The molecule has 17 heteroatoms. The molecule has 288 valence electrons. The molecule has 2 saturated carbocycles. The number of fused-ring (bicyclic) bond motifs is 1. The molecule has 0 bridgehead atoms. The van der Waals surface area contributed by atoms with Gasteiger partial charge in [-0.3, -0.25) is 28.8 Å². The molecule has 53 heavy (non-hydrogen) atoms. The Balaban J connectivity index is 1.39. The van der Waals surface area contributed by atoms with Crippen LogP contribution < -0.4 is 15.4 Å². The van der Waals surface area contributed by atoms with E-state index in [-0.39, 0.29) is 56.7 Å². The SMILES string of the molecule is C=C[C@@H]1C[C@]1(NC(=O)C1C[C@@H](OC(=O)N2Cc3cccc(F)c3C2)CN1C(=O)[C@H](CCC(=O)C(=C)C)NC(=O)OC(C)(C)C)C(=O)NS(=O)(=O)C1CC1. The molecule has 3 fully saturated rings. The molecule has 5 amide bonds. The molecule has 0 radical (unpaired) electrons. The van der Waals surface area contributed by atoms with E-state index in [1.54, 1.807) is 26.8 Å². The Kier molecular flexibility index (Phi) is 11.1. The van der Waals surface area contributed by atoms with Gasteiger partial charge in [0, 0.05) is 30.9 Å². The first-order chi connectivity index (χ1) is 24.7. The van der Waals surface area contributed by atoms with Crippen molar-refractivity contribution in [3.05, 3.63) is 60.0 Å². The van der Waals surface area contributed by atoms with Crippen LogP contribution in [-0.4, -0.2) is 95.0 Å². The van der Waals surface area contributed by atoms with Crippen molar-refractivity contribution in [2.45, 2.75) is 114 Å². The zero-order valence-corrected chi connectivity index (χ0v) is 31.1. The maximum Gasteiger partial charge on any atom is 0.410 e. The van der Waals surface area contributed by atoms with Gasteiger partial charge in [0.15, 0.2) is 5.78 Å². The Morgan fingerprint density at radius 3 is 2.42 bits per heavy atom. The second kappa shape index (κ2) is 14.9. The summed E-state index contributed by atoms with van der Waals surface area (Å²) in [5.74, 6) is -4.04. The molecule has 1 saturated heterocycles. The number of benzene rings is 1. The van der Waals surface area contributed by atoms with E-state index in [0.717, 1.165) is 4.90 Å². The zero-order chi connectivity index (χ0) is 39.0. The van der Waals surface area contributed by atoms with Gasteiger partial charge in [-0.05, 0) is 70.6 Å². The largest absolute Gasteiger partial charge is 0.444 e. The fourth-order valence-corrected chi connectivity index (χ4v) is 7.88. The standard InChI is InChI=1S/C36H46FN5O10S/c1-7-22-16-36(22,32(46)40-53(49,50)24-11-12-24)39-30(44)28-15-23(51-34(48)41-17-21-9-8-10-26(37)25(21)19-41)18-42(28)31(45)27(13-14-29(43)20(2)3)38-33(47)52-35(4,5)6/h7-10,22-24,27-28H,1-2,11-19H2,3-6H3,(H,38,47)(H,39,44)(H,40,46)/t22-,23-,27+,28?,36-/m1/s1. The smallest absolute Gasteiger partial charge is 0.410 e. The molecule has 2 aliphatic carbocycles. The van der Waals surface area contributed by atoms with Gasteiger partial charge in [0.05, 0.1) is 18.3 Å². The fourth-order valence-electron chi connectivity index (χ4n) is 6.52. The van der Waals surface area contributed by atoms with Crippen LogP contribution in [0.5, 0.6) is 0 Å². The van der Waals surface area contributed by atoms with Crippen LogP contribution in [0, 0.1) is 11.7 Å². The van der Waals surface area contributed by atoms with Crippen LogP contribution in [0.1, 0.15) is 77.3 Å². The van der Waals surface area contributed by atoms with Gasteiger partial charge in [-0.25, -0.2) is 22.4 Å². The highest BCUT2D eigenvalue weighted by molar-refractivity contribution is 7.91. The first-order valence-electron chi connectivity index (χ1n) is 17.5. The van der Waals surface area contributed by atoms with Gasteiger partial charge in [-0.1, -0.05) is 24.8 Å². The number of sulfonamides is 1. The molecular formula is C36H46FN5O10S. The molecule has 1 aromatic carbocycles. The summed E-state index contributed by atoms with van der Waals surface area (Å²) in [6.45, 7) is 13.4. The number of hydrogen-bond donors (Lipinski definition) is 3. The van der Waals surface area contributed by atoms with E-state index in [1.807, 2.05) is 0 Å². The number of likely N-dealkylation sites (tertiary alicyclic amines) is 1. The lowest BCUT2D eigenvalue weighted by molar-refractivity contribution is -0.141. The van der Waals surface area contributed by atoms with Crippen molar-refractivity contribution >= 4 is 45.7 Å². The Labute approximate surface area is 307 Å². The van der Waals surface area contributed by atoms with E-state index in [0.29, 0.717) is 24.0 Å². The van der Waals surface area contributed by atoms with Crippen molar-refractivity contribution in [2.75, 3.05) is 6.54 Å². The summed E-state index contributed by atoms with van der Waals surface area (Å²) >= 11 is 0. The van der Waals surface area contributed by atoms with Crippen molar-refractivity contribution < 1.29 is 51.0 Å². The summed E-state index contributed by atoms with van der Waals surface area (Å²) in [6, 6.07) is 1.76. The van der Waals surface area contributed by atoms with Gasteiger partial charge >= 0.3 is 12.2 Å². The number of rotatable bonds is 13. The van der Waals surface area contributed by atoms with Gasteiger partial charge in [-0.2, -0.15) is 0 Å². The summed E-state index contributed by atoms with van der Waals surface area (Å²) in [7, 11) is -3.97. The molecular weight excluding hydrogens is 713 g/mol. The average molecular weight is 760 g/mol. The minimum Gasteiger partial charge on any atom is -0.444 e. The van der Waals surface area contributed by atoms with Crippen molar-refractivity contribution in [1.82, 2.24) is 25.2 Å². The van der Waals surface area contributed by atoms with E-state index in [1.165, 1.54) is 30.0 Å². The number of carbonyl (C=O) groups is 6.